The van der Waals surface area contributed by atoms with E-state index in [1.54, 1.807) is 7.11 Å². The molecule has 0 aromatic heterocycles. The predicted octanol–water partition coefficient (Wildman–Crippen LogP) is 0.327. The monoisotopic (exact) mass is 214 g/mol. The van der Waals surface area contributed by atoms with E-state index in [1.165, 1.54) is 12.8 Å². The summed E-state index contributed by atoms with van der Waals surface area (Å²) in [5, 5.41) is 0. The first-order chi connectivity index (χ1) is 7.33. The van der Waals surface area contributed by atoms with Crippen molar-refractivity contribution in [2.24, 2.45) is 10.8 Å². The molecule has 5 nitrogen and oxygen atoms in total. The van der Waals surface area contributed by atoms with Gasteiger partial charge < -0.3 is 9.64 Å². The average molecular weight is 214 g/mol. The van der Waals surface area contributed by atoms with Crippen molar-refractivity contribution in [1.29, 1.82) is 0 Å². The summed E-state index contributed by atoms with van der Waals surface area (Å²) in [5.41, 5.74) is 2.69. The molecular weight excluding hydrogens is 192 g/mol. The number of nitrogens with zero attached hydrogens (tertiary/aromatic N) is 2. The molecule has 1 saturated carbocycles. The van der Waals surface area contributed by atoms with Crippen molar-refractivity contribution >= 4 is 5.96 Å². The van der Waals surface area contributed by atoms with Crippen LogP contribution in [0.25, 0.3) is 0 Å². The van der Waals surface area contributed by atoms with Gasteiger partial charge in [-0.25, -0.2) is 10.8 Å². The Balaban J connectivity index is 2.47. The number of nitrogens with one attached hydrogen (secondary N) is 1. The van der Waals surface area contributed by atoms with Gasteiger partial charge in [0.2, 0.25) is 5.96 Å². The minimum atomic E-state index is 0.635. The van der Waals surface area contributed by atoms with E-state index >= 15 is 0 Å². The number of ether oxygens (including phenoxy) is 1. The molecule has 0 unspecified atom stereocenters. The Bertz CT molecular complexity index is 204. The van der Waals surface area contributed by atoms with E-state index in [9.17, 15) is 0 Å². The van der Waals surface area contributed by atoms with Crippen molar-refractivity contribution in [3.05, 3.63) is 0 Å². The number of guanidine groups is 1. The minimum absolute atomic E-state index is 0.635. The lowest BCUT2D eigenvalue weighted by atomic mass is 10.4. The Kier molecular flexibility index (Phi) is 5.42. The molecule has 0 aliphatic heterocycles. The van der Waals surface area contributed by atoms with Crippen LogP contribution < -0.4 is 11.3 Å². The summed E-state index contributed by atoms with van der Waals surface area (Å²) >= 11 is 0. The van der Waals surface area contributed by atoms with Gasteiger partial charge in [0.15, 0.2) is 0 Å². The van der Waals surface area contributed by atoms with Gasteiger partial charge in [-0.2, -0.15) is 0 Å². The molecule has 5 heteroatoms. The molecule has 0 amide bonds. The quantitative estimate of drug-likeness (QED) is 0.220. The highest BCUT2D eigenvalue weighted by molar-refractivity contribution is 5.80. The Morgan fingerprint density at radius 3 is 2.80 bits per heavy atom. The van der Waals surface area contributed by atoms with Crippen LogP contribution in [-0.4, -0.2) is 43.7 Å². The number of hydrazine groups is 1. The van der Waals surface area contributed by atoms with Crippen molar-refractivity contribution in [3.63, 3.8) is 0 Å². The number of methoxy groups -OCH3 is 1. The van der Waals surface area contributed by atoms with Crippen LogP contribution in [0.15, 0.2) is 4.99 Å². The minimum Gasteiger partial charge on any atom is -0.383 e. The number of nitrogens with two attached hydrogens (primary N) is 1. The van der Waals surface area contributed by atoms with Gasteiger partial charge in [0.25, 0.3) is 0 Å². The third-order valence-corrected chi connectivity index (χ3v) is 2.41. The molecule has 1 rings (SSSR count). The first-order valence-electron chi connectivity index (χ1n) is 5.60. The summed E-state index contributed by atoms with van der Waals surface area (Å²) in [6, 6.07) is 0.641. The van der Waals surface area contributed by atoms with Crippen LogP contribution >= 0.6 is 0 Å². The van der Waals surface area contributed by atoms with Crippen LogP contribution in [0.3, 0.4) is 0 Å². The fraction of sp³-hybridized carbons (Fsp3) is 0.900. The number of aliphatic imine (C=N–C) groups is 1. The second-order valence-corrected chi connectivity index (χ2v) is 3.77. The molecule has 0 atom stereocenters. The molecule has 1 aliphatic rings. The summed E-state index contributed by atoms with van der Waals surface area (Å²) in [6.07, 6.45) is 3.62. The first kappa shape index (κ1) is 12.3. The van der Waals surface area contributed by atoms with E-state index < -0.39 is 0 Å². The van der Waals surface area contributed by atoms with Gasteiger partial charge in [-0.1, -0.05) is 6.92 Å². The number of hydrogen-bond donors (Lipinski definition) is 2. The fourth-order valence-corrected chi connectivity index (χ4v) is 1.55. The SMILES string of the molecule is CCCN(C(=NCCOC)NN)C1CC1. The standard InChI is InChI=1S/C10H22N4O/c1-3-7-14(9-4-5-9)10(13-11)12-6-8-15-2/h9H,3-8,11H2,1-2H3,(H,12,13). The number of hydrogen-bond acceptors (Lipinski definition) is 3. The van der Waals surface area contributed by atoms with Crippen LogP contribution in [-0.2, 0) is 4.74 Å². The normalized spacial score (nSPS) is 16.6. The van der Waals surface area contributed by atoms with E-state index in [0.717, 1.165) is 18.9 Å². The third-order valence-electron chi connectivity index (χ3n) is 2.41. The second-order valence-electron chi connectivity index (χ2n) is 3.77. The molecule has 0 radical (unpaired) electrons. The summed E-state index contributed by atoms with van der Waals surface area (Å²) in [5.74, 6) is 6.29. The molecule has 0 aromatic rings. The molecule has 3 N–H and O–H groups in total. The highest BCUT2D eigenvalue weighted by atomic mass is 16.5. The maximum absolute atomic E-state index is 5.49. The Labute approximate surface area is 91.6 Å². The van der Waals surface area contributed by atoms with Crippen molar-refractivity contribution in [3.8, 4) is 0 Å². The molecule has 0 spiro atoms. The summed E-state index contributed by atoms with van der Waals surface area (Å²) in [6.45, 7) is 4.47. The van der Waals surface area contributed by atoms with Crippen molar-refractivity contribution in [1.82, 2.24) is 10.3 Å². The van der Waals surface area contributed by atoms with Gasteiger partial charge in [-0.3, -0.25) is 5.43 Å². The summed E-state index contributed by atoms with van der Waals surface area (Å²) < 4.78 is 4.96. The molecule has 88 valence electrons. The first-order valence-corrected chi connectivity index (χ1v) is 5.60. The van der Waals surface area contributed by atoms with Crippen LogP contribution in [0.1, 0.15) is 26.2 Å². The lowest BCUT2D eigenvalue weighted by Gasteiger charge is -2.24. The zero-order valence-corrected chi connectivity index (χ0v) is 9.70. The van der Waals surface area contributed by atoms with E-state index in [2.05, 4.69) is 22.2 Å². The highest BCUT2D eigenvalue weighted by Gasteiger charge is 2.30. The number of rotatable bonds is 6. The van der Waals surface area contributed by atoms with Crippen LogP contribution in [0.2, 0.25) is 0 Å². The summed E-state index contributed by atoms with van der Waals surface area (Å²) in [4.78, 5) is 6.65. The smallest absolute Gasteiger partial charge is 0.208 e. The molecular formula is C10H22N4O. The lowest BCUT2D eigenvalue weighted by molar-refractivity contribution is 0.207. The highest BCUT2D eigenvalue weighted by Crippen LogP contribution is 2.26. The molecule has 0 bridgehead atoms. The largest absolute Gasteiger partial charge is 0.383 e. The van der Waals surface area contributed by atoms with Gasteiger partial charge in [-0.05, 0) is 19.3 Å². The Hall–Kier alpha value is -0.810. The van der Waals surface area contributed by atoms with Crippen LogP contribution in [0, 0.1) is 0 Å². The van der Waals surface area contributed by atoms with Gasteiger partial charge in [0.05, 0.1) is 13.2 Å². The van der Waals surface area contributed by atoms with E-state index in [-0.39, 0.29) is 0 Å². The Morgan fingerprint density at radius 2 is 2.33 bits per heavy atom. The maximum atomic E-state index is 5.49. The third kappa shape index (κ3) is 4.05. The average Bonchev–Trinajstić information content (AvgIpc) is 3.06. The predicted molar refractivity (Wildman–Crippen MR) is 61.5 cm³/mol. The van der Waals surface area contributed by atoms with E-state index in [0.29, 0.717) is 19.2 Å². The van der Waals surface area contributed by atoms with E-state index in [4.69, 9.17) is 10.6 Å². The van der Waals surface area contributed by atoms with Gasteiger partial charge in [0, 0.05) is 19.7 Å². The molecule has 0 saturated heterocycles. The molecule has 1 aliphatic carbocycles. The van der Waals surface area contributed by atoms with Crippen LogP contribution in [0.5, 0.6) is 0 Å². The van der Waals surface area contributed by atoms with E-state index in [1.807, 2.05) is 0 Å². The van der Waals surface area contributed by atoms with Crippen LogP contribution in [0.4, 0.5) is 0 Å². The zero-order chi connectivity index (χ0) is 11.1. The van der Waals surface area contributed by atoms with Crippen molar-refractivity contribution < 1.29 is 4.74 Å². The topological polar surface area (TPSA) is 62.9 Å². The molecule has 0 heterocycles. The second kappa shape index (κ2) is 6.63. The van der Waals surface area contributed by atoms with Crippen molar-refractivity contribution in [2.75, 3.05) is 26.8 Å². The van der Waals surface area contributed by atoms with Gasteiger partial charge in [0.1, 0.15) is 0 Å². The van der Waals surface area contributed by atoms with Crippen molar-refractivity contribution in [2.45, 2.75) is 32.2 Å². The van der Waals surface area contributed by atoms with Gasteiger partial charge >= 0.3 is 0 Å². The summed E-state index contributed by atoms with van der Waals surface area (Å²) in [7, 11) is 1.68. The molecule has 0 aromatic carbocycles. The fourth-order valence-electron chi connectivity index (χ4n) is 1.55. The zero-order valence-electron chi connectivity index (χ0n) is 9.70. The molecule has 15 heavy (non-hydrogen) atoms. The Morgan fingerprint density at radius 1 is 1.60 bits per heavy atom. The van der Waals surface area contributed by atoms with Gasteiger partial charge in [-0.15, -0.1) is 0 Å². The lowest BCUT2D eigenvalue weighted by Crippen LogP contribution is -2.46. The molecule has 1 fully saturated rings. The maximum Gasteiger partial charge on any atom is 0.208 e.